The number of carboxylic acid groups (broad SMARTS) is 1. The molecule has 1 fully saturated rings. The van der Waals surface area contributed by atoms with Crippen LogP contribution in [0.2, 0.25) is 0 Å². The van der Waals surface area contributed by atoms with Crippen LogP contribution < -0.4 is 4.74 Å². The van der Waals surface area contributed by atoms with Gasteiger partial charge in [-0.05, 0) is 31.0 Å². The SMILES string of the molecule is COc1ccc([C@@H](C(=O)O)N2CCN(Cc3csc(C)n3)CC2)cc1C. The molecule has 0 amide bonds. The summed E-state index contributed by atoms with van der Waals surface area (Å²) in [6.45, 7) is 7.92. The van der Waals surface area contributed by atoms with E-state index in [0.29, 0.717) is 0 Å². The molecule has 0 spiro atoms. The second-order valence-corrected chi connectivity index (χ2v) is 7.70. The summed E-state index contributed by atoms with van der Waals surface area (Å²) < 4.78 is 5.29. The number of hydrogen-bond acceptors (Lipinski definition) is 6. The molecule has 3 rings (SSSR count). The van der Waals surface area contributed by atoms with Crippen LogP contribution in [0.3, 0.4) is 0 Å². The fraction of sp³-hybridized carbons (Fsp3) is 0.474. The summed E-state index contributed by atoms with van der Waals surface area (Å²) in [4.78, 5) is 20.8. The maximum Gasteiger partial charge on any atom is 0.325 e. The average molecular weight is 375 g/mol. The van der Waals surface area contributed by atoms with Crippen LogP contribution >= 0.6 is 11.3 Å². The standard InChI is InChI=1S/C19H25N3O3S/c1-13-10-15(4-5-17(13)25-3)18(19(23)24)22-8-6-21(7-9-22)11-16-12-26-14(2)20-16/h4-5,10,12,18H,6-9,11H2,1-3H3,(H,23,24)/t18-/m0/s1. The van der Waals surface area contributed by atoms with Crippen molar-refractivity contribution >= 4 is 17.3 Å². The van der Waals surface area contributed by atoms with Gasteiger partial charge in [-0.2, -0.15) is 0 Å². The van der Waals surface area contributed by atoms with Crippen LogP contribution in [0.15, 0.2) is 23.6 Å². The van der Waals surface area contributed by atoms with E-state index in [1.165, 1.54) is 0 Å². The molecule has 140 valence electrons. The predicted octanol–water partition coefficient (Wildman–Crippen LogP) is 2.71. The number of hydrogen-bond donors (Lipinski definition) is 1. The highest BCUT2D eigenvalue weighted by Crippen LogP contribution is 2.27. The van der Waals surface area contributed by atoms with Crippen molar-refractivity contribution in [3.63, 3.8) is 0 Å². The number of rotatable bonds is 6. The van der Waals surface area contributed by atoms with Crippen LogP contribution in [0.25, 0.3) is 0 Å². The summed E-state index contributed by atoms with van der Waals surface area (Å²) >= 11 is 1.67. The lowest BCUT2D eigenvalue weighted by molar-refractivity contribution is -0.144. The van der Waals surface area contributed by atoms with Gasteiger partial charge in [0, 0.05) is 38.1 Å². The lowest BCUT2D eigenvalue weighted by Gasteiger charge is -2.37. The molecule has 2 heterocycles. The van der Waals surface area contributed by atoms with E-state index in [1.807, 2.05) is 36.9 Å². The molecular formula is C19H25N3O3S. The first-order valence-corrected chi connectivity index (χ1v) is 9.60. The number of carboxylic acids is 1. The monoisotopic (exact) mass is 375 g/mol. The molecule has 1 aliphatic rings. The Balaban J connectivity index is 1.67. The fourth-order valence-corrected chi connectivity index (χ4v) is 4.07. The van der Waals surface area contributed by atoms with Crippen molar-refractivity contribution in [1.82, 2.24) is 14.8 Å². The highest BCUT2D eigenvalue weighted by molar-refractivity contribution is 7.09. The summed E-state index contributed by atoms with van der Waals surface area (Å²) in [7, 11) is 1.62. The van der Waals surface area contributed by atoms with E-state index in [0.717, 1.165) is 60.3 Å². The third kappa shape index (κ3) is 4.23. The van der Waals surface area contributed by atoms with Crippen molar-refractivity contribution in [2.24, 2.45) is 0 Å². The zero-order valence-electron chi connectivity index (χ0n) is 15.4. The number of methoxy groups -OCH3 is 1. The van der Waals surface area contributed by atoms with Crippen LogP contribution in [0, 0.1) is 13.8 Å². The molecule has 26 heavy (non-hydrogen) atoms. The number of piperazine rings is 1. The van der Waals surface area contributed by atoms with E-state index in [4.69, 9.17) is 4.74 Å². The van der Waals surface area contributed by atoms with E-state index in [9.17, 15) is 9.90 Å². The number of aromatic nitrogens is 1. The molecule has 0 unspecified atom stereocenters. The molecule has 1 aromatic heterocycles. The summed E-state index contributed by atoms with van der Waals surface area (Å²) in [5, 5.41) is 13.0. The zero-order chi connectivity index (χ0) is 18.7. The van der Waals surface area contributed by atoms with Gasteiger partial charge in [0.1, 0.15) is 11.8 Å². The number of benzene rings is 1. The molecule has 1 aromatic carbocycles. The molecule has 6 nitrogen and oxygen atoms in total. The molecule has 7 heteroatoms. The summed E-state index contributed by atoms with van der Waals surface area (Å²) in [6, 6.07) is 5.00. The zero-order valence-corrected chi connectivity index (χ0v) is 16.3. The van der Waals surface area contributed by atoms with Gasteiger partial charge >= 0.3 is 5.97 Å². The quantitative estimate of drug-likeness (QED) is 0.837. The molecular weight excluding hydrogens is 350 g/mol. The van der Waals surface area contributed by atoms with Crippen LogP contribution in [0.4, 0.5) is 0 Å². The van der Waals surface area contributed by atoms with Crippen LogP contribution in [0.1, 0.15) is 27.9 Å². The van der Waals surface area contributed by atoms with Gasteiger partial charge in [-0.3, -0.25) is 14.6 Å². The van der Waals surface area contributed by atoms with Gasteiger partial charge in [0.25, 0.3) is 0 Å². The third-order valence-electron chi connectivity index (χ3n) is 4.79. The highest BCUT2D eigenvalue weighted by atomic mass is 32.1. The Labute approximate surface area is 158 Å². The number of nitrogens with zero attached hydrogens (tertiary/aromatic N) is 3. The third-order valence-corrected chi connectivity index (χ3v) is 5.62. The molecule has 1 saturated heterocycles. The first-order chi connectivity index (χ1) is 12.5. The van der Waals surface area contributed by atoms with E-state index in [1.54, 1.807) is 18.4 Å². The number of carbonyl (C=O) groups is 1. The molecule has 2 aromatic rings. The van der Waals surface area contributed by atoms with Crippen molar-refractivity contribution in [3.05, 3.63) is 45.4 Å². The van der Waals surface area contributed by atoms with Gasteiger partial charge in [-0.25, -0.2) is 4.98 Å². The molecule has 1 N–H and O–H groups in total. The second-order valence-electron chi connectivity index (χ2n) is 6.64. The molecule has 0 aliphatic carbocycles. The van der Waals surface area contributed by atoms with E-state index in [2.05, 4.69) is 15.3 Å². The van der Waals surface area contributed by atoms with Gasteiger partial charge in [-0.1, -0.05) is 12.1 Å². The summed E-state index contributed by atoms with van der Waals surface area (Å²) in [6.07, 6.45) is 0. The summed E-state index contributed by atoms with van der Waals surface area (Å²) in [5.41, 5.74) is 2.86. The lowest BCUT2D eigenvalue weighted by atomic mass is 10.0. The molecule has 0 saturated carbocycles. The molecule has 1 aliphatic heterocycles. The number of ether oxygens (including phenoxy) is 1. The van der Waals surface area contributed by atoms with Crippen LogP contribution in [0.5, 0.6) is 5.75 Å². The molecule has 0 bridgehead atoms. The van der Waals surface area contributed by atoms with Crippen molar-refractivity contribution in [2.45, 2.75) is 26.4 Å². The minimum Gasteiger partial charge on any atom is -0.496 e. The minimum atomic E-state index is -0.807. The normalized spacial score (nSPS) is 17.2. The minimum absolute atomic E-state index is 0.622. The Morgan fingerprint density at radius 2 is 2.04 bits per heavy atom. The van der Waals surface area contributed by atoms with E-state index >= 15 is 0 Å². The first kappa shape index (κ1) is 18.8. The Morgan fingerprint density at radius 1 is 1.31 bits per heavy atom. The predicted molar refractivity (Wildman–Crippen MR) is 102 cm³/mol. The number of thiazole rings is 1. The van der Waals surface area contributed by atoms with Gasteiger partial charge < -0.3 is 9.84 Å². The Hall–Kier alpha value is -1.96. The Bertz CT molecular complexity index is 769. The Kier molecular flexibility index (Phi) is 5.90. The topological polar surface area (TPSA) is 65.9 Å². The van der Waals surface area contributed by atoms with E-state index < -0.39 is 12.0 Å². The smallest absolute Gasteiger partial charge is 0.325 e. The maximum atomic E-state index is 11.9. The lowest BCUT2D eigenvalue weighted by Crippen LogP contribution is -2.48. The summed E-state index contributed by atoms with van der Waals surface area (Å²) in [5.74, 6) is -0.0283. The molecule has 0 radical (unpaired) electrons. The van der Waals surface area contributed by atoms with Crippen LogP contribution in [-0.2, 0) is 11.3 Å². The molecule has 1 atom stereocenters. The largest absolute Gasteiger partial charge is 0.496 e. The van der Waals surface area contributed by atoms with Crippen LogP contribution in [-0.4, -0.2) is 59.1 Å². The van der Waals surface area contributed by atoms with Gasteiger partial charge in [0.2, 0.25) is 0 Å². The van der Waals surface area contributed by atoms with Crippen molar-refractivity contribution in [2.75, 3.05) is 33.3 Å². The van der Waals surface area contributed by atoms with Crippen molar-refractivity contribution < 1.29 is 14.6 Å². The van der Waals surface area contributed by atoms with Gasteiger partial charge in [-0.15, -0.1) is 11.3 Å². The number of aliphatic carboxylic acids is 1. The first-order valence-electron chi connectivity index (χ1n) is 8.72. The Morgan fingerprint density at radius 3 is 2.58 bits per heavy atom. The van der Waals surface area contributed by atoms with Crippen molar-refractivity contribution in [3.8, 4) is 5.75 Å². The van der Waals surface area contributed by atoms with E-state index in [-0.39, 0.29) is 0 Å². The van der Waals surface area contributed by atoms with Gasteiger partial charge in [0.05, 0.1) is 17.8 Å². The second kappa shape index (κ2) is 8.16. The van der Waals surface area contributed by atoms with Gasteiger partial charge in [0.15, 0.2) is 0 Å². The maximum absolute atomic E-state index is 11.9. The average Bonchev–Trinajstić information content (AvgIpc) is 3.01. The number of aryl methyl sites for hydroxylation is 2. The fourth-order valence-electron chi connectivity index (χ4n) is 3.47. The van der Waals surface area contributed by atoms with Crippen molar-refractivity contribution in [1.29, 1.82) is 0 Å². The highest BCUT2D eigenvalue weighted by Gasteiger charge is 2.30.